The van der Waals surface area contributed by atoms with Crippen molar-refractivity contribution in [3.05, 3.63) is 35.2 Å². The molecule has 1 aliphatic rings. The predicted molar refractivity (Wildman–Crippen MR) is 72.9 cm³/mol. The van der Waals surface area contributed by atoms with E-state index in [1.807, 2.05) is 18.2 Å². The van der Waals surface area contributed by atoms with Crippen LogP contribution in [-0.4, -0.2) is 33.5 Å². The van der Waals surface area contributed by atoms with Gasteiger partial charge in [0.2, 0.25) is 0 Å². The van der Waals surface area contributed by atoms with Gasteiger partial charge in [-0.2, -0.15) is 0 Å². The summed E-state index contributed by atoms with van der Waals surface area (Å²) < 4.78 is 22.5. The molecule has 0 unspecified atom stereocenters. The monoisotopic (exact) mass is 264 g/mol. The maximum atomic E-state index is 11.2. The fraction of sp³-hybridized carbons (Fsp3) is 0.462. The van der Waals surface area contributed by atoms with Crippen LogP contribution in [0.2, 0.25) is 0 Å². The van der Waals surface area contributed by atoms with Crippen molar-refractivity contribution in [1.29, 1.82) is 0 Å². The van der Waals surface area contributed by atoms with Crippen LogP contribution in [0, 0.1) is 6.57 Å². The van der Waals surface area contributed by atoms with Crippen molar-refractivity contribution in [2.75, 3.05) is 30.0 Å². The molecule has 5 heteroatoms. The van der Waals surface area contributed by atoms with E-state index in [2.05, 4.69) is 9.74 Å². The van der Waals surface area contributed by atoms with Crippen LogP contribution >= 0.6 is 0 Å². The van der Waals surface area contributed by atoms with Crippen LogP contribution in [0.3, 0.4) is 0 Å². The van der Waals surface area contributed by atoms with Crippen LogP contribution in [0.1, 0.15) is 12.0 Å². The van der Waals surface area contributed by atoms with E-state index in [4.69, 9.17) is 6.57 Å². The molecule has 1 aromatic carbocycles. The lowest BCUT2D eigenvalue weighted by molar-refractivity contribution is 0.598. The van der Waals surface area contributed by atoms with Gasteiger partial charge in [-0.3, -0.25) is 0 Å². The molecular weight excluding hydrogens is 248 g/mol. The maximum absolute atomic E-state index is 11.2. The summed E-state index contributed by atoms with van der Waals surface area (Å²) in [6.45, 7) is 8.41. The molecule has 96 valence electrons. The SMILES string of the molecule is [C-]#[N+]c1ccc2c(c1)N(CCS(C)(=O)=O)CCC2. The normalized spacial score (nSPS) is 15.0. The maximum Gasteiger partial charge on any atom is 0.189 e. The van der Waals surface area contributed by atoms with Gasteiger partial charge in [0.05, 0.1) is 12.3 Å². The largest absolute Gasteiger partial charge is 0.371 e. The number of nitrogens with zero attached hydrogens (tertiary/aromatic N) is 2. The molecule has 0 radical (unpaired) electrons. The number of rotatable bonds is 3. The van der Waals surface area contributed by atoms with E-state index in [0.717, 1.165) is 25.1 Å². The Balaban J connectivity index is 2.24. The van der Waals surface area contributed by atoms with Gasteiger partial charge in [-0.15, -0.1) is 0 Å². The highest BCUT2D eigenvalue weighted by Gasteiger charge is 2.18. The van der Waals surface area contributed by atoms with E-state index < -0.39 is 9.84 Å². The van der Waals surface area contributed by atoms with E-state index in [0.29, 0.717) is 12.2 Å². The van der Waals surface area contributed by atoms with Crippen molar-refractivity contribution < 1.29 is 8.42 Å². The van der Waals surface area contributed by atoms with Crippen LogP contribution in [0.25, 0.3) is 4.85 Å². The Hall–Kier alpha value is -1.54. The molecule has 0 N–H and O–H groups in total. The van der Waals surface area contributed by atoms with Crippen molar-refractivity contribution in [1.82, 2.24) is 0 Å². The molecule has 0 saturated heterocycles. The molecule has 1 heterocycles. The number of fused-ring (bicyclic) bond motifs is 1. The number of hydrogen-bond donors (Lipinski definition) is 0. The fourth-order valence-corrected chi connectivity index (χ4v) is 2.77. The summed E-state index contributed by atoms with van der Waals surface area (Å²) in [6.07, 6.45) is 3.30. The van der Waals surface area contributed by atoms with E-state index in [-0.39, 0.29) is 5.75 Å². The third-order valence-corrected chi connectivity index (χ3v) is 4.07. The van der Waals surface area contributed by atoms with Gasteiger partial charge < -0.3 is 4.90 Å². The van der Waals surface area contributed by atoms with Gasteiger partial charge in [0, 0.05) is 25.0 Å². The summed E-state index contributed by atoms with van der Waals surface area (Å²) in [5.41, 5.74) is 2.85. The summed E-state index contributed by atoms with van der Waals surface area (Å²) in [5, 5.41) is 0. The minimum absolute atomic E-state index is 0.161. The second kappa shape index (κ2) is 4.99. The predicted octanol–water partition coefficient (Wildman–Crippen LogP) is 2.03. The lowest BCUT2D eigenvalue weighted by Gasteiger charge is -2.31. The lowest BCUT2D eigenvalue weighted by atomic mass is 10.0. The molecule has 1 aromatic rings. The first-order chi connectivity index (χ1) is 8.49. The molecule has 18 heavy (non-hydrogen) atoms. The number of hydrogen-bond acceptors (Lipinski definition) is 3. The number of anilines is 1. The third kappa shape index (κ3) is 3.02. The van der Waals surface area contributed by atoms with Gasteiger partial charge >= 0.3 is 0 Å². The van der Waals surface area contributed by atoms with Crippen molar-refractivity contribution in [2.24, 2.45) is 0 Å². The Morgan fingerprint density at radius 2 is 2.22 bits per heavy atom. The van der Waals surface area contributed by atoms with Crippen LogP contribution in [0.15, 0.2) is 18.2 Å². The molecule has 0 saturated carbocycles. The molecule has 0 amide bonds. The van der Waals surface area contributed by atoms with Crippen molar-refractivity contribution in [3.8, 4) is 0 Å². The molecule has 1 aliphatic heterocycles. The van der Waals surface area contributed by atoms with E-state index in [1.165, 1.54) is 11.8 Å². The molecule has 4 nitrogen and oxygen atoms in total. The van der Waals surface area contributed by atoms with Gasteiger partial charge in [0.25, 0.3) is 0 Å². The van der Waals surface area contributed by atoms with Crippen LogP contribution in [0.5, 0.6) is 0 Å². The first-order valence-electron chi connectivity index (χ1n) is 5.93. The van der Waals surface area contributed by atoms with E-state index in [1.54, 1.807) is 0 Å². The quantitative estimate of drug-likeness (QED) is 0.784. The Bertz CT molecular complexity index is 587. The summed E-state index contributed by atoms with van der Waals surface area (Å²) >= 11 is 0. The standard InChI is InChI=1S/C13H16N2O2S/c1-14-12-6-5-11-4-3-7-15(13(11)10-12)8-9-18(2,16)17/h5-6,10H,3-4,7-9H2,2H3. The highest BCUT2D eigenvalue weighted by Crippen LogP contribution is 2.30. The van der Waals surface area contributed by atoms with Gasteiger partial charge in [-0.1, -0.05) is 12.1 Å². The fourth-order valence-electron chi connectivity index (χ4n) is 2.22. The molecule has 2 rings (SSSR count). The molecule has 0 aliphatic carbocycles. The van der Waals surface area contributed by atoms with Crippen molar-refractivity contribution in [2.45, 2.75) is 12.8 Å². The Kier molecular flexibility index (Phi) is 3.58. The Morgan fingerprint density at radius 3 is 2.89 bits per heavy atom. The summed E-state index contributed by atoms with van der Waals surface area (Å²) in [7, 11) is -2.94. The first kappa shape index (κ1) is 12.9. The summed E-state index contributed by atoms with van der Waals surface area (Å²) in [5.74, 6) is 0.161. The highest BCUT2D eigenvalue weighted by atomic mass is 32.2. The van der Waals surface area contributed by atoms with Gasteiger partial charge in [0.1, 0.15) is 9.84 Å². The third-order valence-electron chi connectivity index (χ3n) is 3.14. The number of aryl methyl sites for hydroxylation is 1. The number of benzene rings is 1. The Morgan fingerprint density at radius 1 is 1.44 bits per heavy atom. The zero-order valence-corrected chi connectivity index (χ0v) is 11.2. The Labute approximate surface area is 108 Å². The average Bonchev–Trinajstić information content (AvgIpc) is 2.34. The highest BCUT2D eigenvalue weighted by molar-refractivity contribution is 7.90. The molecule has 0 aromatic heterocycles. The first-order valence-corrected chi connectivity index (χ1v) is 7.99. The van der Waals surface area contributed by atoms with Gasteiger partial charge in [-0.05, 0) is 24.5 Å². The lowest BCUT2D eigenvalue weighted by Crippen LogP contribution is -2.33. The molecule has 0 bridgehead atoms. The van der Waals surface area contributed by atoms with Crippen LogP contribution in [0.4, 0.5) is 11.4 Å². The number of sulfone groups is 1. The van der Waals surface area contributed by atoms with Gasteiger partial charge in [-0.25, -0.2) is 13.3 Å². The molecule has 0 fully saturated rings. The molecular formula is C13H16N2O2S. The zero-order valence-electron chi connectivity index (χ0n) is 10.4. The molecule has 0 spiro atoms. The minimum atomic E-state index is -2.94. The summed E-state index contributed by atoms with van der Waals surface area (Å²) in [4.78, 5) is 5.51. The van der Waals surface area contributed by atoms with Gasteiger partial charge in [0.15, 0.2) is 5.69 Å². The zero-order chi connectivity index (χ0) is 13.2. The topological polar surface area (TPSA) is 41.7 Å². The second-order valence-corrected chi connectivity index (χ2v) is 6.91. The smallest absolute Gasteiger partial charge is 0.189 e. The van der Waals surface area contributed by atoms with E-state index >= 15 is 0 Å². The minimum Gasteiger partial charge on any atom is -0.371 e. The van der Waals surface area contributed by atoms with E-state index in [9.17, 15) is 8.42 Å². The second-order valence-electron chi connectivity index (χ2n) is 4.65. The average molecular weight is 264 g/mol. The summed E-state index contributed by atoms with van der Waals surface area (Å²) in [6, 6.07) is 5.67. The molecule has 0 atom stereocenters. The van der Waals surface area contributed by atoms with Crippen LogP contribution in [-0.2, 0) is 16.3 Å². The van der Waals surface area contributed by atoms with Crippen LogP contribution < -0.4 is 4.90 Å². The van der Waals surface area contributed by atoms with Crippen molar-refractivity contribution >= 4 is 21.2 Å². The van der Waals surface area contributed by atoms with Crippen molar-refractivity contribution in [3.63, 3.8) is 0 Å².